The number of hydrogen-bond acceptors (Lipinski definition) is 12. The highest BCUT2D eigenvalue weighted by molar-refractivity contribution is 5.87. The van der Waals surface area contributed by atoms with E-state index in [0.717, 1.165) is 26.3 Å². The summed E-state index contributed by atoms with van der Waals surface area (Å²) in [5.74, 6) is -3.44. The van der Waals surface area contributed by atoms with Crippen molar-refractivity contribution in [1.29, 1.82) is 0 Å². The fourth-order valence-electron chi connectivity index (χ4n) is 3.99. The summed E-state index contributed by atoms with van der Waals surface area (Å²) in [6.45, 7) is 5.44. The van der Waals surface area contributed by atoms with Crippen LogP contribution in [-0.4, -0.2) is 72.6 Å². The molecule has 12 heteroatoms. The lowest BCUT2D eigenvalue weighted by atomic mass is 9.79. The van der Waals surface area contributed by atoms with Gasteiger partial charge in [0.2, 0.25) is 0 Å². The Morgan fingerprint density at radius 2 is 1.56 bits per heavy atom. The van der Waals surface area contributed by atoms with Crippen LogP contribution in [0.25, 0.3) is 6.08 Å². The maximum atomic E-state index is 12.7. The highest BCUT2D eigenvalue weighted by atomic mass is 16.6. The molecule has 0 amide bonds. The SMILES string of the molecule is CCCCOC(=O)C1(O)CC(OC(C)=O)C(OC(=O)/C=C/c2ccc(OC(C)=O)c(OC)c2)[C@H](OC(C)=O)C1. The molecule has 0 bridgehead atoms. The van der Waals surface area contributed by atoms with Gasteiger partial charge in [0.15, 0.2) is 23.2 Å². The molecule has 1 aliphatic rings. The fourth-order valence-corrected chi connectivity index (χ4v) is 3.99. The predicted molar refractivity (Wildman–Crippen MR) is 134 cm³/mol. The normalized spacial score (nSPS) is 22.5. The summed E-state index contributed by atoms with van der Waals surface area (Å²) in [4.78, 5) is 60.3. The van der Waals surface area contributed by atoms with Crippen molar-refractivity contribution in [3.63, 3.8) is 0 Å². The van der Waals surface area contributed by atoms with Crippen molar-refractivity contribution in [3.05, 3.63) is 29.8 Å². The van der Waals surface area contributed by atoms with Crippen LogP contribution in [0.1, 0.15) is 58.9 Å². The van der Waals surface area contributed by atoms with E-state index in [1.54, 1.807) is 6.07 Å². The van der Waals surface area contributed by atoms with Gasteiger partial charge in [0, 0.05) is 39.7 Å². The second-order valence-corrected chi connectivity index (χ2v) is 8.96. The molecule has 0 heterocycles. The van der Waals surface area contributed by atoms with Crippen molar-refractivity contribution in [2.75, 3.05) is 13.7 Å². The summed E-state index contributed by atoms with van der Waals surface area (Å²) in [5.41, 5.74) is -1.65. The average Bonchev–Trinajstić information content (AvgIpc) is 2.84. The number of carbonyl (C=O) groups excluding carboxylic acids is 5. The van der Waals surface area contributed by atoms with Crippen molar-refractivity contribution in [2.45, 2.75) is 77.3 Å². The summed E-state index contributed by atoms with van der Waals surface area (Å²) in [6, 6.07) is 4.58. The van der Waals surface area contributed by atoms with Crippen molar-refractivity contribution in [3.8, 4) is 11.5 Å². The molecule has 0 aromatic heterocycles. The fraction of sp³-hybridized carbons (Fsp3) is 0.519. The van der Waals surface area contributed by atoms with Gasteiger partial charge in [0.1, 0.15) is 12.2 Å². The van der Waals surface area contributed by atoms with E-state index in [4.69, 9.17) is 28.4 Å². The topological polar surface area (TPSA) is 161 Å². The third-order valence-electron chi connectivity index (χ3n) is 5.66. The number of carbonyl (C=O) groups is 5. The molecule has 1 aromatic carbocycles. The molecule has 1 fully saturated rings. The Hall–Kier alpha value is -3.93. The maximum Gasteiger partial charge on any atom is 0.338 e. The van der Waals surface area contributed by atoms with Crippen LogP contribution in [0.15, 0.2) is 24.3 Å². The number of esters is 5. The van der Waals surface area contributed by atoms with Crippen molar-refractivity contribution in [2.24, 2.45) is 0 Å². The van der Waals surface area contributed by atoms with Crippen molar-refractivity contribution >= 4 is 35.9 Å². The summed E-state index contributed by atoms with van der Waals surface area (Å²) >= 11 is 0. The highest BCUT2D eigenvalue weighted by Gasteiger charge is 2.54. The first-order chi connectivity index (χ1) is 18.4. The Morgan fingerprint density at radius 3 is 2.08 bits per heavy atom. The van der Waals surface area contributed by atoms with Crippen LogP contribution in [0.4, 0.5) is 0 Å². The van der Waals surface area contributed by atoms with E-state index in [1.807, 2.05) is 6.92 Å². The van der Waals surface area contributed by atoms with E-state index >= 15 is 0 Å². The maximum absolute atomic E-state index is 12.7. The Bertz CT molecular complexity index is 1070. The number of ether oxygens (including phenoxy) is 6. The molecule has 0 radical (unpaired) electrons. The lowest BCUT2D eigenvalue weighted by Crippen LogP contribution is -2.59. The third-order valence-corrected chi connectivity index (χ3v) is 5.66. The first-order valence-electron chi connectivity index (χ1n) is 12.4. The molecule has 4 atom stereocenters. The Labute approximate surface area is 226 Å². The smallest absolute Gasteiger partial charge is 0.338 e. The molecule has 1 aliphatic carbocycles. The summed E-state index contributed by atoms with van der Waals surface area (Å²) in [5, 5.41) is 11.1. The van der Waals surface area contributed by atoms with E-state index < -0.39 is 66.6 Å². The molecule has 12 nitrogen and oxygen atoms in total. The van der Waals surface area contributed by atoms with Gasteiger partial charge < -0.3 is 33.5 Å². The minimum atomic E-state index is -2.15. The second-order valence-electron chi connectivity index (χ2n) is 8.96. The predicted octanol–water partition coefficient (Wildman–Crippen LogP) is 2.28. The Balaban J connectivity index is 2.26. The molecule has 0 aliphatic heterocycles. The number of rotatable bonds is 11. The molecule has 2 rings (SSSR count). The quantitative estimate of drug-likeness (QED) is 0.141. The lowest BCUT2D eigenvalue weighted by Gasteiger charge is -2.42. The number of hydrogen-bond donors (Lipinski definition) is 1. The molecule has 0 saturated heterocycles. The average molecular weight is 551 g/mol. The number of benzene rings is 1. The first-order valence-corrected chi connectivity index (χ1v) is 12.4. The summed E-state index contributed by atoms with van der Waals surface area (Å²) in [7, 11) is 1.39. The van der Waals surface area contributed by atoms with E-state index in [0.29, 0.717) is 12.0 Å². The van der Waals surface area contributed by atoms with Gasteiger partial charge in [-0.15, -0.1) is 0 Å². The van der Waals surface area contributed by atoms with E-state index in [9.17, 15) is 29.1 Å². The highest BCUT2D eigenvalue weighted by Crippen LogP contribution is 2.36. The number of aliphatic hydroxyl groups is 1. The van der Waals surface area contributed by atoms with Crippen molar-refractivity contribution < 1.29 is 57.5 Å². The Morgan fingerprint density at radius 1 is 0.949 bits per heavy atom. The zero-order valence-corrected chi connectivity index (χ0v) is 22.6. The second kappa shape index (κ2) is 14.3. The summed E-state index contributed by atoms with van der Waals surface area (Å²) < 4.78 is 31.4. The molecule has 1 aromatic rings. The molecule has 214 valence electrons. The Kier molecular flexibility index (Phi) is 11.5. The van der Waals surface area contributed by atoms with Crippen LogP contribution in [0.2, 0.25) is 0 Å². The van der Waals surface area contributed by atoms with Crippen LogP contribution in [0, 0.1) is 0 Å². The van der Waals surface area contributed by atoms with Gasteiger partial charge in [-0.3, -0.25) is 14.4 Å². The van der Waals surface area contributed by atoms with Gasteiger partial charge in [0.25, 0.3) is 0 Å². The molecule has 0 spiro atoms. The molecule has 1 saturated carbocycles. The van der Waals surface area contributed by atoms with Gasteiger partial charge in [-0.1, -0.05) is 19.4 Å². The monoisotopic (exact) mass is 550 g/mol. The van der Waals surface area contributed by atoms with E-state index in [1.165, 1.54) is 32.2 Å². The zero-order chi connectivity index (χ0) is 29.2. The number of methoxy groups -OCH3 is 1. The number of unbranched alkanes of at least 4 members (excludes halogenated alkanes) is 1. The zero-order valence-electron chi connectivity index (χ0n) is 22.6. The van der Waals surface area contributed by atoms with Gasteiger partial charge in [-0.05, 0) is 30.2 Å². The largest absolute Gasteiger partial charge is 0.493 e. The first kappa shape index (κ1) is 31.3. The lowest BCUT2D eigenvalue weighted by molar-refractivity contribution is -0.214. The van der Waals surface area contributed by atoms with E-state index in [-0.39, 0.29) is 18.1 Å². The minimum absolute atomic E-state index is 0.0734. The molecular weight excluding hydrogens is 516 g/mol. The molecule has 1 N–H and O–H groups in total. The summed E-state index contributed by atoms with van der Waals surface area (Å²) in [6.07, 6.45) is -1.02. The third kappa shape index (κ3) is 9.40. The minimum Gasteiger partial charge on any atom is -0.493 e. The van der Waals surface area contributed by atoms with Crippen molar-refractivity contribution in [1.82, 2.24) is 0 Å². The van der Waals surface area contributed by atoms with Crippen LogP contribution < -0.4 is 9.47 Å². The van der Waals surface area contributed by atoms with Crippen LogP contribution in [0.5, 0.6) is 11.5 Å². The molecule has 39 heavy (non-hydrogen) atoms. The van der Waals surface area contributed by atoms with Crippen LogP contribution in [-0.2, 0) is 42.9 Å². The van der Waals surface area contributed by atoms with Gasteiger partial charge in [0.05, 0.1) is 13.7 Å². The van der Waals surface area contributed by atoms with Gasteiger partial charge >= 0.3 is 29.8 Å². The van der Waals surface area contributed by atoms with Gasteiger partial charge in [-0.2, -0.15) is 0 Å². The van der Waals surface area contributed by atoms with Crippen LogP contribution >= 0.6 is 0 Å². The standard InChI is InChI=1S/C27H34O12/c1-6-7-12-35-26(32)27(33)14-22(37-17(3)29)25(23(15-27)38-18(4)30)39-24(31)11-9-19-8-10-20(36-16(2)28)21(13-19)34-5/h8-11,13,22-23,25,33H,6-7,12,14-15H2,1-5H3/b11-9+/t22-,23?,25?,27?/m1/s1. The molecule has 3 unspecified atom stereocenters. The molecular formula is C27H34O12. The van der Waals surface area contributed by atoms with E-state index in [2.05, 4.69) is 0 Å². The van der Waals surface area contributed by atoms with Crippen LogP contribution in [0.3, 0.4) is 0 Å². The van der Waals surface area contributed by atoms with Gasteiger partial charge in [-0.25, -0.2) is 9.59 Å².